The Balaban J connectivity index is 2.56. The summed E-state index contributed by atoms with van der Waals surface area (Å²) >= 11 is 7.14. The number of rotatable bonds is 4. The van der Waals surface area contributed by atoms with Gasteiger partial charge in [0.15, 0.2) is 0 Å². The molecule has 3 heteroatoms. The molecule has 1 N–H and O–H groups in total. The van der Waals surface area contributed by atoms with Gasteiger partial charge in [-0.2, -0.15) is 0 Å². The largest absolute Gasteiger partial charge is 0.382 e. The van der Waals surface area contributed by atoms with Crippen molar-refractivity contribution in [3.05, 3.63) is 35.9 Å². The first-order valence-electron chi connectivity index (χ1n) is 4.00. The van der Waals surface area contributed by atoms with E-state index in [1.165, 1.54) is 10.4 Å². The minimum absolute atomic E-state index is 0.765. The van der Waals surface area contributed by atoms with E-state index in [1.54, 1.807) is 11.8 Å². The van der Waals surface area contributed by atoms with Gasteiger partial charge in [-0.3, -0.25) is 0 Å². The first kappa shape index (κ1) is 10.5. The van der Waals surface area contributed by atoms with Gasteiger partial charge in [0.25, 0.3) is 0 Å². The highest BCUT2D eigenvalue weighted by Crippen LogP contribution is 2.18. The second-order valence-electron chi connectivity index (χ2n) is 2.47. The Bertz CT molecular complexity index is 286. The van der Waals surface area contributed by atoms with E-state index >= 15 is 0 Å². The Morgan fingerprint density at radius 1 is 1.54 bits per heavy atom. The van der Waals surface area contributed by atoms with E-state index in [0.717, 1.165) is 12.2 Å². The molecule has 0 atom stereocenters. The summed E-state index contributed by atoms with van der Waals surface area (Å²) in [6.45, 7) is 0.765. The molecule has 0 unspecified atom stereocenters. The first-order chi connectivity index (χ1) is 6.36. The Labute approximate surface area is 88.2 Å². The van der Waals surface area contributed by atoms with E-state index in [4.69, 9.17) is 11.6 Å². The maximum atomic E-state index is 5.40. The number of thioether (sulfide) groups is 1. The normalized spacial score (nSPS) is 10.6. The number of benzene rings is 1. The Morgan fingerprint density at radius 3 is 3.08 bits per heavy atom. The molecular formula is C10H12ClNS. The molecule has 0 aromatic heterocycles. The van der Waals surface area contributed by atoms with Gasteiger partial charge in [0.1, 0.15) is 0 Å². The van der Waals surface area contributed by atoms with Crippen LogP contribution in [-0.4, -0.2) is 12.8 Å². The molecule has 70 valence electrons. The third-order valence-corrected chi connectivity index (χ3v) is 2.49. The molecule has 13 heavy (non-hydrogen) atoms. The molecule has 1 nitrogen and oxygen atoms in total. The number of hydrogen-bond donors (Lipinski definition) is 1. The summed E-state index contributed by atoms with van der Waals surface area (Å²) in [5.74, 6) is 0. The van der Waals surface area contributed by atoms with Crippen molar-refractivity contribution in [2.24, 2.45) is 0 Å². The molecule has 0 spiro atoms. The van der Waals surface area contributed by atoms with Crippen molar-refractivity contribution < 1.29 is 0 Å². The Morgan fingerprint density at radius 2 is 2.38 bits per heavy atom. The van der Waals surface area contributed by atoms with E-state index in [2.05, 4.69) is 23.7 Å². The highest BCUT2D eigenvalue weighted by Gasteiger charge is 1.91. The number of nitrogens with one attached hydrogen (secondary N) is 1. The van der Waals surface area contributed by atoms with Crippen LogP contribution in [0.4, 0.5) is 5.69 Å². The fourth-order valence-electron chi connectivity index (χ4n) is 0.954. The van der Waals surface area contributed by atoms with Gasteiger partial charge < -0.3 is 5.32 Å². The van der Waals surface area contributed by atoms with Crippen LogP contribution in [0.3, 0.4) is 0 Å². The molecule has 0 aliphatic carbocycles. The van der Waals surface area contributed by atoms with Crippen LogP contribution in [0, 0.1) is 0 Å². The quantitative estimate of drug-likeness (QED) is 0.768. The molecular weight excluding hydrogens is 202 g/mol. The van der Waals surface area contributed by atoms with E-state index in [0.29, 0.717) is 0 Å². The van der Waals surface area contributed by atoms with E-state index < -0.39 is 0 Å². The molecule has 0 heterocycles. The average Bonchev–Trinajstić information content (AvgIpc) is 2.19. The fourth-order valence-corrected chi connectivity index (χ4v) is 1.50. The molecule has 1 rings (SSSR count). The number of hydrogen-bond acceptors (Lipinski definition) is 2. The van der Waals surface area contributed by atoms with Gasteiger partial charge in [-0.25, -0.2) is 0 Å². The lowest BCUT2D eigenvalue weighted by Crippen LogP contribution is -1.97. The van der Waals surface area contributed by atoms with Crippen LogP contribution in [-0.2, 0) is 0 Å². The highest BCUT2D eigenvalue weighted by molar-refractivity contribution is 7.98. The summed E-state index contributed by atoms with van der Waals surface area (Å²) in [4.78, 5) is 1.26. The summed E-state index contributed by atoms with van der Waals surface area (Å²) < 4.78 is 0. The second kappa shape index (κ2) is 5.95. The summed E-state index contributed by atoms with van der Waals surface area (Å²) in [6, 6.07) is 8.29. The highest BCUT2D eigenvalue weighted by atomic mass is 35.5. The molecule has 0 amide bonds. The van der Waals surface area contributed by atoms with Gasteiger partial charge in [-0.15, -0.1) is 11.8 Å². The van der Waals surface area contributed by atoms with Gasteiger partial charge in [0.05, 0.1) is 0 Å². The van der Waals surface area contributed by atoms with Crippen molar-refractivity contribution in [1.29, 1.82) is 0 Å². The average molecular weight is 214 g/mol. The lowest BCUT2D eigenvalue weighted by atomic mass is 10.3. The Kier molecular flexibility index (Phi) is 4.79. The van der Waals surface area contributed by atoms with Crippen LogP contribution in [0.1, 0.15) is 0 Å². The summed E-state index contributed by atoms with van der Waals surface area (Å²) in [5, 5.41) is 3.24. The monoisotopic (exact) mass is 213 g/mol. The third-order valence-electron chi connectivity index (χ3n) is 1.58. The van der Waals surface area contributed by atoms with E-state index in [9.17, 15) is 0 Å². The smallest absolute Gasteiger partial charge is 0.0353 e. The van der Waals surface area contributed by atoms with Gasteiger partial charge in [-0.1, -0.05) is 23.7 Å². The van der Waals surface area contributed by atoms with Gasteiger partial charge in [0, 0.05) is 22.7 Å². The van der Waals surface area contributed by atoms with Crippen LogP contribution in [0.15, 0.2) is 40.8 Å². The third kappa shape index (κ3) is 3.75. The van der Waals surface area contributed by atoms with Crippen LogP contribution in [0.5, 0.6) is 0 Å². The minimum Gasteiger partial charge on any atom is -0.382 e. The predicted octanol–water partition coefficient (Wildman–Crippen LogP) is 3.57. The molecule has 1 aromatic rings. The summed E-state index contributed by atoms with van der Waals surface area (Å²) in [6.07, 6.45) is 3.94. The van der Waals surface area contributed by atoms with Crippen molar-refractivity contribution in [3.8, 4) is 0 Å². The molecule has 0 saturated carbocycles. The van der Waals surface area contributed by atoms with E-state index in [-0.39, 0.29) is 0 Å². The zero-order valence-corrected chi connectivity index (χ0v) is 9.03. The van der Waals surface area contributed by atoms with Crippen molar-refractivity contribution in [1.82, 2.24) is 0 Å². The zero-order chi connectivity index (χ0) is 9.52. The standard InChI is InChI=1S/C10H12ClNS/c1-13-10-5-2-4-9(8-10)12-7-3-6-11/h2-6,8,12H,7H2,1H3/b6-3+. The van der Waals surface area contributed by atoms with Crippen LogP contribution in [0.25, 0.3) is 0 Å². The predicted molar refractivity (Wildman–Crippen MR) is 61.7 cm³/mol. The molecule has 0 fully saturated rings. The molecule has 0 saturated heterocycles. The van der Waals surface area contributed by atoms with Crippen LogP contribution < -0.4 is 5.32 Å². The van der Waals surface area contributed by atoms with Crippen LogP contribution >= 0.6 is 23.4 Å². The van der Waals surface area contributed by atoms with Crippen LogP contribution in [0.2, 0.25) is 0 Å². The molecule has 1 aromatic carbocycles. The minimum atomic E-state index is 0.765. The van der Waals surface area contributed by atoms with Gasteiger partial charge >= 0.3 is 0 Å². The summed E-state index contributed by atoms with van der Waals surface area (Å²) in [7, 11) is 0. The maximum Gasteiger partial charge on any atom is 0.0353 e. The van der Waals surface area contributed by atoms with Crippen molar-refractivity contribution in [2.45, 2.75) is 4.90 Å². The lowest BCUT2D eigenvalue weighted by Gasteiger charge is -2.04. The number of halogens is 1. The first-order valence-corrected chi connectivity index (χ1v) is 5.66. The number of anilines is 1. The Hall–Kier alpha value is -0.600. The van der Waals surface area contributed by atoms with Crippen molar-refractivity contribution in [2.75, 3.05) is 18.1 Å². The van der Waals surface area contributed by atoms with Gasteiger partial charge in [-0.05, 0) is 24.5 Å². The summed E-state index contributed by atoms with van der Waals surface area (Å²) in [5.41, 5.74) is 2.65. The van der Waals surface area contributed by atoms with Crippen molar-refractivity contribution in [3.63, 3.8) is 0 Å². The maximum absolute atomic E-state index is 5.40. The molecule has 0 radical (unpaired) electrons. The zero-order valence-electron chi connectivity index (χ0n) is 7.46. The SMILES string of the molecule is CSc1cccc(NC/C=C/Cl)c1. The van der Waals surface area contributed by atoms with E-state index in [1.807, 2.05) is 18.2 Å². The topological polar surface area (TPSA) is 12.0 Å². The fraction of sp³-hybridized carbons (Fsp3) is 0.200. The van der Waals surface area contributed by atoms with Gasteiger partial charge in [0.2, 0.25) is 0 Å². The molecule has 0 aliphatic heterocycles. The second-order valence-corrected chi connectivity index (χ2v) is 3.61. The van der Waals surface area contributed by atoms with Crippen molar-refractivity contribution >= 4 is 29.1 Å². The molecule has 0 aliphatic rings. The molecule has 0 bridgehead atoms. The lowest BCUT2D eigenvalue weighted by molar-refractivity contribution is 1.32.